The van der Waals surface area contributed by atoms with Gasteiger partial charge in [0, 0.05) is 25.4 Å². The Morgan fingerprint density at radius 1 is 0.973 bits per heavy atom. The van der Waals surface area contributed by atoms with Gasteiger partial charge in [-0.25, -0.2) is 0 Å². The summed E-state index contributed by atoms with van der Waals surface area (Å²) in [6, 6.07) is 9.05. The third-order valence-electron chi connectivity index (χ3n) is 6.19. The second-order valence-electron chi connectivity index (χ2n) is 11.0. The average molecular weight is 520 g/mol. The van der Waals surface area contributed by atoms with E-state index in [2.05, 4.69) is 30.8 Å². The van der Waals surface area contributed by atoms with E-state index in [1.807, 2.05) is 65.0 Å². The van der Waals surface area contributed by atoms with Crippen molar-refractivity contribution in [3.8, 4) is 0 Å². The topological polar surface area (TPSA) is 96.0 Å². The average Bonchev–Trinajstić information content (AvgIpc) is 2.82. The summed E-state index contributed by atoms with van der Waals surface area (Å²) >= 11 is 0. The largest absolute Gasteiger partial charge is 0.468 e. The molecule has 1 aromatic carbocycles. The van der Waals surface area contributed by atoms with Crippen LogP contribution < -0.4 is 5.32 Å². The van der Waals surface area contributed by atoms with Gasteiger partial charge < -0.3 is 19.9 Å². The molecule has 0 saturated carbocycles. The molecule has 0 aliphatic rings. The molecule has 8 nitrogen and oxygen atoms in total. The van der Waals surface area contributed by atoms with Crippen LogP contribution in [0.25, 0.3) is 0 Å². The first-order chi connectivity index (χ1) is 17.1. The maximum atomic E-state index is 13.0. The van der Waals surface area contributed by atoms with Gasteiger partial charge >= 0.3 is 5.97 Å². The molecule has 8 heteroatoms. The van der Waals surface area contributed by atoms with Gasteiger partial charge in [0.1, 0.15) is 12.6 Å². The third-order valence-corrected chi connectivity index (χ3v) is 6.19. The number of carbonyl (C=O) groups is 4. The molecule has 0 aromatic heterocycles. The molecule has 2 atom stereocenters. The lowest BCUT2D eigenvalue weighted by Crippen LogP contribution is -2.54. The van der Waals surface area contributed by atoms with E-state index in [1.165, 1.54) is 31.0 Å². The standard InChI is InChI=1S/C25H39N3O5.C4H10/c1-9-19(25(4,5)18-13-11-10-12-14-18)23(31)26-15-20(29)28(7)22(17(2)3)24(32)27(6)16-21(30)33-8;1-4(2)3/h10-14,17,19,22H,9,15-16H2,1-8H3,(H,26,31);4H,1-3H3/t19-,22+;/m1./s1. The monoisotopic (exact) mass is 519 g/mol. The molecule has 0 aliphatic carbocycles. The molecule has 0 spiro atoms. The first kappa shape index (κ1) is 34.1. The number of rotatable bonds is 11. The van der Waals surface area contributed by atoms with Crippen molar-refractivity contribution in [1.82, 2.24) is 15.1 Å². The van der Waals surface area contributed by atoms with Crippen molar-refractivity contribution in [2.75, 3.05) is 34.3 Å². The van der Waals surface area contributed by atoms with Crippen LogP contribution in [0.3, 0.4) is 0 Å². The highest BCUT2D eigenvalue weighted by Gasteiger charge is 2.36. The number of esters is 1. The summed E-state index contributed by atoms with van der Waals surface area (Å²) in [7, 11) is 4.28. The number of methoxy groups -OCH3 is 1. The number of nitrogens with zero attached hydrogens (tertiary/aromatic N) is 2. The molecule has 210 valence electrons. The van der Waals surface area contributed by atoms with Gasteiger partial charge in [-0.05, 0) is 23.8 Å². The second-order valence-corrected chi connectivity index (χ2v) is 11.0. The Labute approximate surface area is 224 Å². The summed E-state index contributed by atoms with van der Waals surface area (Å²) in [5.74, 6) is -1.18. The Morgan fingerprint density at radius 2 is 1.49 bits per heavy atom. The molecule has 0 bridgehead atoms. The molecule has 0 saturated heterocycles. The fourth-order valence-electron chi connectivity index (χ4n) is 4.12. The van der Waals surface area contributed by atoms with Crippen LogP contribution >= 0.6 is 0 Å². The predicted molar refractivity (Wildman–Crippen MR) is 148 cm³/mol. The summed E-state index contributed by atoms with van der Waals surface area (Å²) in [4.78, 5) is 52.9. The van der Waals surface area contributed by atoms with Crippen molar-refractivity contribution in [2.45, 2.75) is 73.3 Å². The van der Waals surface area contributed by atoms with Crippen molar-refractivity contribution in [1.29, 1.82) is 0 Å². The quantitative estimate of drug-likeness (QED) is 0.448. The van der Waals surface area contributed by atoms with Crippen LogP contribution in [-0.2, 0) is 29.3 Å². The van der Waals surface area contributed by atoms with Crippen LogP contribution in [0.5, 0.6) is 0 Å². The van der Waals surface area contributed by atoms with E-state index in [0.29, 0.717) is 6.42 Å². The molecule has 0 fully saturated rings. The van der Waals surface area contributed by atoms with Crippen LogP contribution in [0.1, 0.15) is 67.4 Å². The number of likely N-dealkylation sites (N-methyl/N-ethyl adjacent to an activating group) is 2. The van der Waals surface area contributed by atoms with Gasteiger partial charge in [0.2, 0.25) is 17.7 Å². The number of hydrogen-bond donors (Lipinski definition) is 1. The van der Waals surface area contributed by atoms with Gasteiger partial charge in [0.15, 0.2) is 0 Å². The van der Waals surface area contributed by atoms with Crippen LogP contribution in [0.15, 0.2) is 30.3 Å². The lowest BCUT2D eigenvalue weighted by atomic mass is 9.71. The van der Waals surface area contributed by atoms with Gasteiger partial charge in [0.25, 0.3) is 0 Å². The number of hydrogen-bond acceptors (Lipinski definition) is 5. The molecule has 1 aromatic rings. The Hall–Kier alpha value is -2.90. The van der Waals surface area contributed by atoms with Gasteiger partial charge in [-0.1, -0.05) is 85.7 Å². The zero-order valence-corrected chi connectivity index (χ0v) is 24.8. The zero-order chi connectivity index (χ0) is 28.9. The Bertz CT molecular complexity index is 865. The SMILES string of the molecule is CC(C)C.CC[C@H](C(=O)NCC(=O)N(C)[C@H](C(=O)N(C)CC(=O)OC)C(C)C)C(C)(C)c1ccccc1. The highest BCUT2D eigenvalue weighted by atomic mass is 16.5. The fraction of sp³-hybridized carbons (Fsp3) is 0.655. The predicted octanol–water partition coefficient (Wildman–Crippen LogP) is 3.88. The maximum absolute atomic E-state index is 13.0. The Balaban J connectivity index is 0.00000300. The van der Waals surface area contributed by atoms with Crippen molar-refractivity contribution >= 4 is 23.7 Å². The van der Waals surface area contributed by atoms with E-state index in [-0.39, 0.29) is 42.6 Å². The summed E-state index contributed by atoms with van der Waals surface area (Å²) in [5.41, 5.74) is 0.636. The Morgan fingerprint density at radius 3 is 1.92 bits per heavy atom. The highest BCUT2D eigenvalue weighted by Crippen LogP contribution is 2.33. The molecular weight excluding hydrogens is 470 g/mol. The fourth-order valence-corrected chi connectivity index (χ4v) is 4.12. The van der Waals surface area contributed by atoms with Gasteiger partial charge in [-0.3, -0.25) is 19.2 Å². The minimum absolute atomic E-state index is 0.192. The molecular formula is C29H49N3O5. The molecule has 3 amide bonds. The van der Waals surface area contributed by atoms with Crippen LogP contribution in [0.2, 0.25) is 0 Å². The van der Waals surface area contributed by atoms with E-state index in [1.54, 1.807) is 0 Å². The normalized spacial score (nSPS) is 12.7. The van der Waals surface area contributed by atoms with Gasteiger partial charge in [-0.2, -0.15) is 0 Å². The second kappa shape index (κ2) is 16.0. The summed E-state index contributed by atoms with van der Waals surface area (Å²) in [5, 5.41) is 2.76. The minimum atomic E-state index is -0.771. The smallest absolute Gasteiger partial charge is 0.325 e. The lowest BCUT2D eigenvalue weighted by Gasteiger charge is -2.34. The third kappa shape index (κ3) is 10.9. The van der Waals surface area contributed by atoms with E-state index in [4.69, 9.17) is 0 Å². The van der Waals surface area contributed by atoms with E-state index < -0.39 is 17.4 Å². The van der Waals surface area contributed by atoms with Crippen LogP contribution in [0, 0.1) is 17.8 Å². The summed E-state index contributed by atoms with van der Waals surface area (Å²) in [6.45, 7) is 15.7. The van der Waals surface area contributed by atoms with E-state index >= 15 is 0 Å². The van der Waals surface area contributed by atoms with Crippen LogP contribution in [0.4, 0.5) is 0 Å². The Kier molecular flexibility index (Phi) is 14.8. The number of benzene rings is 1. The lowest BCUT2D eigenvalue weighted by molar-refractivity contribution is -0.151. The maximum Gasteiger partial charge on any atom is 0.325 e. The number of amides is 3. The molecule has 0 heterocycles. The number of carbonyl (C=O) groups excluding carboxylic acids is 4. The molecule has 1 N–H and O–H groups in total. The van der Waals surface area contributed by atoms with E-state index in [9.17, 15) is 19.2 Å². The number of nitrogens with one attached hydrogen (secondary N) is 1. The van der Waals surface area contributed by atoms with Gasteiger partial charge in [-0.15, -0.1) is 0 Å². The van der Waals surface area contributed by atoms with Crippen molar-refractivity contribution in [2.24, 2.45) is 17.8 Å². The first-order valence-electron chi connectivity index (χ1n) is 13.0. The summed E-state index contributed by atoms with van der Waals surface area (Å²) in [6.07, 6.45) is 0.614. The van der Waals surface area contributed by atoms with Crippen molar-refractivity contribution in [3.05, 3.63) is 35.9 Å². The molecule has 0 aliphatic heterocycles. The van der Waals surface area contributed by atoms with Crippen LogP contribution in [-0.4, -0.2) is 73.8 Å². The number of ether oxygens (including phenoxy) is 1. The molecule has 37 heavy (non-hydrogen) atoms. The van der Waals surface area contributed by atoms with E-state index in [0.717, 1.165) is 11.5 Å². The summed E-state index contributed by atoms with van der Waals surface area (Å²) < 4.78 is 4.62. The minimum Gasteiger partial charge on any atom is -0.468 e. The van der Waals surface area contributed by atoms with Gasteiger partial charge in [0.05, 0.1) is 13.7 Å². The molecule has 0 radical (unpaired) electrons. The van der Waals surface area contributed by atoms with Crippen molar-refractivity contribution in [3.63, 3.8) is 0 Å². The first-order valence-corrected chi connectivity index (χ1v) is 13.0. The molecule has 0 unspecified atom stereocenters. The highest BCUT2D eigenvalue weighted by molar-refractivity contribution is 5.92. The van der Waals surface area contributed by atoms with Crippen molar-refractivity contribution < 1.29 is 23.9 Å². The zero-order valence-electron chi connectivity index (χ0n) is 24.8. The molecule has 1 rings (SSSR count).